The van der Waals surface area contributed by atoms with E-state index in [1.54, 1.807) is 20.3 Å². The molecule has 1 atom stereocenters. The van der Waals surface area contributed by atoms with E-state index < -0.39 is 0 Å². The van der Waals surface area contributed by atoms with Crippen LogP contribution in [0, 0.1) is 0 Å². The lowest BCUT2D eigenvalue weighted by Gasteiger charge is -2.17. The minimum absolute atomic E-state index is 0.130. The van der Waals surface area contributed by atoms with Crippen LogP contribution >= 0.6 is 11.6 Å². The summed E-state index contributed by atoms with van der Waals surface area (Å²) in [6.45, 7) is 0.448. The number of rotatable bonds is 6. The van der Waals surface area contributed by atoms with Gasteiger partial charge in [0.1, 0.15) is 23.9 Å². The Hall–Kier alpha value is -1.49. The molecule has 0 saturated carbocycles. The maximum absolute atomic E-state index is 6.08. The Bertz CT molecular complexity index is 568. The van der Waals surface area contributed by atoms with E-state index in [2.05, 4.69) is 5.32 Å². The van der Waals surface area contributed by atoms with Crippen molar-refractivity contribution in [3.05, 3.63) is 52.4 Å². The molecule has 0 amide bonds. The van der Waals surface area contributed by atoms with Crippen molar-refractivity contribution >= 4 is 11.6 Å². The summed E-state index contributed by atoms with van der Waals surface area (Å²) in [6.07, 6.45) is 0. The molecule has 1 aromatic heterocycles. The molecule has 1 heterocycles. The number of halogens is 1. The van der Waals surface area contributed by atoms with Crippen molar-refractivity contribution in [1.29, 1.82) is 0 Å². The molecule has 0 aliphatic heterocycles. The van der Waals surface area contributed by atoms with Gasteiger partial charge < -0.3 is 19.2 Å². The summed E-state index contributed by atoms with van der Waals surface area (Å²) in [7, 11) is 5.14. The Morgan fingerprint density at radius 3 is 2.70 bits per heavy atom. The second-order valence-corrected chi connectivity index (χ2v) is 4.78. The van der Waals surface area contributed by atoms with Gasteiger partial charge in [0.25, 0.3) is 0 Å². The minimum atomic E-state index is -0.130. The standard InChI is InChI=1S/C15H18ClNO3/c1-17-15(14-7-5-11(20-14)9-18-2)12-8-10(16)4-6-13(12)19-3/h4-8,15,17H,9H2,1-3H3. The third-order valence-corrected chi connectivity index (χ3v) is 3.28. The van der Waals surface area contributed by atoms with Crippen LogP contribution in [-0.2, 0) is 11.3 Å². The molecule has 0 radical (unpaired) electrons. The highest BCUT2D eigenvalue weighted by Gasteiger charge is 2.20. The first-order valence-corrected chi connectivity index (χ1v) is 6.65. The molecule has 1 N–H and O–H groups in total. The van der Waals surface area contributed by atoms with E-state index in [1.165, 1.54) is 0 Å². The number of hydrogen-bond donors (Lipinski definition) is 1. The Balaban J connectivity index is 2.38. The summed E-state index contributed by atoms with van der Waals surface area (Å²) in [5, 5.41) is 3.88. The second-order valence-electron chi connectivity index (χ2n) is 4.35. The second kappa shape index (κ2) is 6.79. The normalized spacial score (nSPS) is 12.4. The van der Waals surface area contributed by atoms with Crippen LogP contribution in [0.1, 0.15) is 23.1 Å². The summed E-state index contributed by atoms with van der Waals surface area (Å²) in [4.78, 5) is 0. The van der Waals surface area contributed by atoms with Gasteiger partial charge in [-0.15, -0.1) is 0 Å². The molecule has 0 saturated heterocycles. The number of furan rings is 1. The van der Waals surface area contributed by atoms with E-state index in [1.807, 2.05) is 31.3 Å². The molecule has 0 fully saturated rings. The fraction of sp³-hybridized carbons (Fsp3) is 0.333. The van der Waals surface area contributed by atoms with E-state index in [-0.39, 0.29) is 6.04 Å². The lowest BCUT2D eigenvalue weighted by atomic mass is 10.0. The molecule has 0 spiro atoms. The molecule has 20 heavy (non-hydrogen) atoms. The van der Waals surface area contributed by atoms with Gasteiger partial charge >= 0.3 is 0 Å². The van der Waals surface area contributed by atoms with Crippen LogP contribution in [0.4, 0.5) is 0 Å². The zero-order valence-corrected chi connectivity index (χ0v) is 12.5. The van der Waals surface area contributed by atoms with Crippen LogP contribution in [0.25, 0.3) is 0 Å². The van der Waals surface area contributed by atoms with Gasteiger partial charge in [-0.1, -0.05) is 11.6 Å². The van der Waals surface area contributed by atoms with E-state index >= 15 is 0 Å². The predicted molar refractivity (Wildman–Crippen MR) is 78.3 cm³/mol. The number of hydrogen-bond acceptors (Lipinski definition) is 4. The summed E-state index contributed by atoms with van der Waals surface area (Å²) >= 11 is 6.08. The number of ether oxygens (including phenoxy) is 2. The average molecular weight is 296 g/mol. The van der Waals surface area contributed by atoms with Gasteiger partial charge in [0.2, 0.25) is 0 Å². The van der Waals surface area contributed by atoms with Crippen molar-refractivity contribution < 1.29 is 13.9 Å². The molecule has 2 rings (SSSR count). The molecule has 0 aliphatic rings. The molecule has 0 bridgehead atoms. The Kier molecular flexibility index (Phi) is 5.06. The van der Waals surface area contributed by atoms with Crippen LogP contribution in [-0.4, -0.2) is 21.3 Å². The molecule has 1 unspecified atom stereocenters. The molecular weight excluding hydrogens is 278 g/mol. The van der Waals surface area contributed by atoms with Gasteiger partial charge in [0.15, 0.2) is 0 Å². The first kappa shape index (κ1) is 14.9. The van der Waals surface area contributed by atoms with Crippen molar-refractivity contribution in [1.82, 2.24) is 5.32 Å². The minimum Gasteiger partial charge on any atom is -0.496 e. The van der Waals surface area contributed by atoms with E-state index in [0.29, 0.717) is 11.6 Å². The number of benzene rings is 1. The summed E-state index contributed by atoms with van der Waals surface area (Å²) in [5.74, 6) is 2.34. The van der Waals surface area contributed by atoms with Crippen molar-refractivity contribution in [3.63, 3.8) is 0 Å². The van der Waals surface area contributed by atoms with E-state index in [9.17, 15) is 0 Å². The highest BCUT2D eigenvalue weighted by molar-refractivity contribution is 6.30. The van der Waals surface area contributed by atoms with Crippen LogP contribution < -0.4 is 10.1 Å². The van der Waals surface area contributed by atoms with Crippen molar-refractivity contribution in [2.24, 2.45) is 0 Å². The molecule has 108 valence electrons. The van der Waals surface area contributed by atoms with Gasteiger partial charge in [0, 0.05) is 17.7 Å². The topological polar surface area (TPSA) is 43.6 Å². The van der Waals surface area contributed by atoms with E-state index in [0.717, 1.165) is 22.8 Å². The Morgan fingerprint density at radius 1 is 1.25 bits per heavy atom. The highest BCUT2D eigenvalue weighted by Crippen LogP contribution is 2.33. The maximum atomic E-state index is 6.08. The SMILES string of the molecule is CNC(c1ccc(COC)o1)c1cc(Cl)ccc1OC. The third-order valence-electron chi connectivity index (χ3n) is 3.04. The van der Waals surface area contributed by atoms with Crippen LogP contribution in [0.5, 0.6) is 5.75 Å². The molecule has 2 aromatic rings. The van der Waals surface area contributed by atoms with Crippen LogP contribution in [0.15, 0.2) is 34.7 Å². The molecule has 1 aromatic carbocycles. The fourth-order valence-electron chi connectivity index (χ4n) is 2.15. The van der Waals surface area contributed by atoms with Gasteiger partial charge in [-0.25, -0.2) is 0 Å². The summed E-state index contributed by atoms with van der Waals surface area (Å²) < 4.78 is 16.2. The third kappa shape index (κ3) is 3.15. The van der Waals surface area contributed by atoms with Crippen molar-refractivity contribution in [2.75, 3.05) is 21.3 Å². The molecular formula is C15H18ClNO3. The Morgan fingerprint density at radius 2 is 2.05 bits per heavy atom. The lowest BCUT2D eigenvalue weighted by Crippen LogP contribution is -2.17. The maximum Gasteiger partial charge on any atom is 0.129 e. The van der Waals surface area contributed by atoms with Gasteiger partial charge in [-0.3, -0.25) is 0 Å². The number of methoxy groups -OCH3 is 2. The summed E-state index contributed by atoms with van der Waals surface area (Å²) in [5.41, 5.74) is 0.931. The zero-order chi connectivity index (χ0) is 14.5. The van der Waals surface area contributed by atoms with Gasteiger partial charge in [-0.05, 0) is 37.4 Å². The van der Waals surface area contributed by atoms with Gasteiger partial charge in [0.05, 0.1) is 13.2 Å². The predicted octanol–water partition coefficient (Wildman–Crippen LogP) is 3.40. The smallest absolute Gasteiger partial charge is 0.129 e. The zero-order valence-electron chi connectivity index (χ0n) is 11.8. The van der Waals surface area contributed by atoms with Gasteiger partial charge in [-0.2, -0.15) is 0 Å². The quantitative estimate of drug-likeness (QED) is 0.887. The Labute approximate surface area is 123 Å². The first-order valence-electron chi connectivity index (χ1n) is 6.27. The fourth-order valence-corrected chi connectivity index (χ4v) is 2.33. The molecule has 0 aliphatic carbocycles. The van der Waals surface area contributed by atoms with Crippen molar-refractivity contribution in [2.45, 2.75) is 12.6 Å². The van der Waals surface area contributed by atoms with E-state index in [4.69, 9.17) is 25.5 Å². The monoisotopic (exact) mass is 295 g/mol. The first-order chi connectivity index (χ1) is 9.69. The highest BCUT2D eigenvalue weighted by atomic mass is 35.5. The van der Waals surface area contributed by atoms with Crippen molar-refractivity contribution in [3.8, 4) is 5.75 Å². The van der Waals surface area contributed by atoms with Crippen LogP contribution in [0.2, 0.25) is 5.02 Å². The van der Waals surface area contributed by atoms with Crippen LogP contribution in [0.3, 0.4) is 0 Å². The summed E-state index contributed by atoms with van der Waals surface area (Å²) in [6, 6.07) is 9.22. The lowest BCUT2D eigenvalue weighted by molar-refractivity contribution is 0.162. The largest absolute Gasteiger partial charge is 0.496 e. The average Bonchev–Trinajstić information content (AvgIpc) is 2.89. The molecule has 4 nitrogen and oxygen atoms in total. The molecule has 5 heteroatoms. The number of nitrogens with one attached hydrogen (secondary N) is 1.